The maximum absolute atomic E-state index is 11.2. The van der Waals surface area contributed by atoms with Crippen molar-refractivity contribution in [1.29, 1.82) is 0 Å². The molecule has 72 valence electrons. The molecular formula is C6H15N3O2S. The second kappa shape index (κ2) is 3.29. The largest absolute Gasteiger partial charge is 0.269 e. The van der Waals surface area contributed by atoms with Crippen LogP contribution in [0, 0.1) is 0 Å². The third-order valence-electron chi connectivity index (χ3n) is 2.02. The molecule has 1 heterocycles. The van der Waals surface area contributed by atoms with Gasteiger partial charge in [-0.25, -0.2) is 13.4 Å². The fourth-order valence-corrected chi connectivity index (χ4v) is 2.60. The molecule has 0 saturated carbocycles. The van der Waals surface area contributed by atoms with E-state index in [4.69, 9.17) is 5.84 Å². The van der Waals surface area contributed by atoms with E-state index in [-0.39, 0.29) is 6.04 Å². The van der Waals surface area contributed by atoms with Crippen molar-refractivity contribution in [2.75, 3.05) is 25.9 Å². The molecule has 0 aromatic carbocycles. The predicted octanol–water partition coefficient (Wildman–Crippen LogP) is -1.17. The highest BCUT2D eigenvalue weighted by Gasteiger charge is 2.28. The van der Waals surface area contributed by atoms with E-state index >= 15 is 0 Å². The minimum atomic E-state index is -3.05. The van der Waals surface area contributed by atoms with Crippen LogP contribution in [0.25, 0.3) is 0 Å². The van der Waals surface area contributed by atoms with Crippen molar-refractivity contribution in [2.45, 2.75) is 13.0 Å². The molecule has 0 aromatic rings. The maximum atomic E-state index is 11.2. The first-order valence-corrected chi connectivity index (χ1v) is 5.72. The Hall–Kier alpha value is -0.170. The lowest BCUT2D eigenvalue weighted by molar-refractivity contribution is 0.146. The van der Waals surface area contributed by atoms with Crippen molar-refractivity contribution in [3.05, 3.63) is 0 Å². The minimum absolute atomic E-state index is 0.0150. The summed E-state index contributed by atoms with van der Waals surface area (Å²) in [5.41, 5.74) is 0. The zero-order valence-electron chi connectivity index (χ0n) is 7.40. The van der Waals surface area contributed by atoms with Crippen LogP contribution in [-0.2, 0) is 10.0 Å². The molecule has 1 aliphatic rings. The SMILES string of the molecule is CC1CN(N)CCN1S(C)(=O)=O. The maximum Gasteiger partial charge on any atom is 0.211 e. The molecule has 0 radical (unpaired) electrons. The smallest absolute Gasteiger partial charge is 0.211 e. The van der Waals surface area contributed by atoms with Gasteiger partial charge >= 0.3 is 0 Å². The zero-order chi connectivity index (χ0) is 9.35. The topological polar surface area (TPSA) is 66.6 Å². The van der Waals surface area contributed by atoms with Crippen LogP contribution in [0.15, 0.2) is 0 Å². The highest BCUT2D eigenvalue weighted by molar-refractivity contribution is 7.88. The molecule has 0 amide bonds. The molecule has 6 heteroatoms. The third-order valence-corrected chi connectivity index (χ3v) is 3.42. The molecule has 0 aromatic heterocycles. The molecule has 5 nitrogen and oxygen atoms in total. The molecule has 1 unspecified atom stereocenters. The summed E-state index contributed by atoms with van der Waals surface area (Å²) < 4.78 is 23.8. The van der Waals surface area contributed by atoms with Crippen LogP contribution in [0.5, 0.6) is 0 Å². The molecule has 1 fully saturated rings. The van der Waals surface area contributed by atoms with Gasteiger partial charge in [-0.15, -0.1) is 0 Å². The van der Waals surface area contributed by atoms with E-state index in [1.54, 1.807) is 5.01 Å². The monoisotopic (exact) mass is 193 g/mol. The normalized spacial score (nSPS) is 29.1. The van der Waals surface area contributed by atoms with Crippen LogP contribution in [-0.4, -0.2) is 49.7 Å². The molecule has 12 heavy (non-hydrogen) atoms. The van der Waals surface area contributed by atoms with Crippen LogP contribution < -0.4 is 5.84 Å². The lowest BCUT2D eigenvalue weighted by Gasteiger charge is -2.35. The van der Waals surface area contributed by atoms with E-state index < -0.39 is 10.0 Å². The number of hydrogen-bond acceptors (Lipinski definition) is 4. The first-order valence-electron chi connectivity index (χ1n) is 3.87. The molecular weight excluding hydrogens is 178 g/mol. The first-order chi connectivity index (χ1) is 5.41. The summed E-state index contributed by atoms with van der Waals surface area (Å²) in [5, 5.41) is 1.65. The van der Waals surface area contributed by atoms with Crippen molar-refractivity contribution in [3.63, 3.8) is 0 Å². The number of hydrazine groups is 1. The van der Waals surface area contributed by atoms with E-state index in [1.165, 1.54) is 10.6 Å². The van der Waals surface area contributed by atoms with E-state index in [9.17, 15) is 8.42 Å². The van der Waals surface area contributed by atoms with Crippen LogP contribution in [0.4, 0.5) is 0 Å². The van der Waals surface area contributed by atoms with Gasteiger partial charge in [-0.05, 0) is 6.92 Å². The number of hydrogen-bond donors (Lipinski definition) is 1. The first kappa shape index (κ1) is 9.91. The number of nitrogens with two attached hydrogens (primary N) is 1. The quantitative estimate of drug-likeness (QED) is 0.533. The second-order valence-corrected chi connectivity index (χ2v) is 5.15. The summed E-state index contributed by atoms with van der Waals surface area (Å²) in [7, 11) is -3.05. The Morgan fingerprint density at radius 2 is 2.00 bits per heavy atom. The van der Waals surface area contributed by atoms with Crippen molar-refractivity contribution in [3.8, 4) is 0 Å². The minimum Gasteiger partial charge on any atom is -0.269 e. The van der Waals surface area contributed by atoms with Gasteiger partial charge in [-0.2, -0.15) is 4.31 Å². The van der Waals surface area contributed by atoms with Crippen LogP contribution in [0.1, 0.15) is 6.92 Å². The Morgan fingerprint density at radius 1 is 1.42 bits per heavy atom. The lowest BCUT2D eigenvalue weighted by atomic mass is 10.3. The van der Waals surface area contributed by atoms with Gasteiger partial charge in [-0.1, -0.05) is 0 Å². The molecule has 1 aliphatic heterocycles. The van der Waals surface area contributed by atoms with Gasteiger partial charge < -0.3 is 0 Å². The fraction of sp³-hybridized carbons (Fsp3) is 1.00. The van der Waals surface area contributed by atoms with Crippen LogP contribution in [0.3, 0.4) is 0 Å². The molecule has 2 N–H and O–H groups in total. The molecule has 1 atom stereocenters. The summed E-state index contributed by atoms with van der Waals surface area (Å²) in [6.07, 6.45) is 1.23. The van der Waals surface area contributed by atoms with Gasteiger partial charge in [-0.3, -0.25) is 5.84 Å². The summed E-state index contributed by atoms with van der Waals surface area (Å²) in [4.78, 5) is 0. The Balaban J connectivity index is 2.69. The van der Waals surface area contributed by atoms with E-state index in [2.05, 4.69) is 0 Å². The van der Waals surface area contributed by atoms with Gasteiger partial charge in [0.1, 0.15) is 0 Å². The second-order valence-electron chi connectivity index (χ2n) is 3.22. The van der Waals surface area contributed by atoms with Crippen LogP contribution >= 0.6 is 0 Å². The van der Waals surface area contributed by atoms with Crippen molar-refractivity contribution in [1.82, 2.24) is 9.31 Å². The third kappa shape index (κ3) is 2.16. The van der Waals surface area contributed by atoms with Gasteiger partial charge in [0.2, 0.25) is 10.0 Å². The Bertz CT molecular complexity index is 252. The Kier molecular flexibility index (Phi) is 2.72. The average Bonchev–Trinajstić information content (AvgIpc) is 1.83. The van der Waals surface area contributed by atoms with E-state index in [1.807, 2.05) is 6.92 Å². The van der Waals surface area contributed by atoms with Crippen LogP contribution in [0.2, 0.25) is 0 Å². The number of rotatable bonds is 1. The predicted molar refractivity (Wildman–Crippen MR) is 46.8 cm³/mol. The zero-order valence-corrected chi connectivity index (χ0v) is 8.21. The molecule has 1 saturated heterocycles. The van der Waals surface area contributed by atoms with Crippen molar-refractivity contribution >= 4 is 10.0 Å². The molecule has 0 spiro atoms. The summed E-state index contributed by atoms with van der Waals surface area (Å²) in [6, 6.07) is -0.0150. The summed E-state index contributed by atoms with van der Waals surface area (Å²) >= 11 is 0. The van der Waals surface area contributed by atoms with Gasteiger partial charge in [0.15, 0.2) is 0 Å². The highest BCUT2D eigenvalue weighted by atomic mass is 32.2. The number of sulfonamides is 1. The van der Waals surface area contributed by atoms with E-state index in [0.717, 1.165) is 0 Å². The Morgan fingerprint density at radius 3 is 2.42 bits per heavy atom. The summed E-state index contributed by atoms with van der Waals surface area (Å²) in [6.45, 7) is 3.57. The number of piperazine rings is 1. The fourth-order valence-electron chi connectivity index (χ4n) is 1.46. The number of nitrogens with zero attached hydrogens (tertiary/aromatic N) is 2. The lowest BCUT2D eigenvalue weighted by Crippen LogP contribution is -2.55. The molecule has 0 bridgehead atoms. The summed E-state index contributed by atoms with van der Waals surface area (Å²) in [5.74, 6) is 5.54. The van der Waals surface area contributed by atoms with Gasteiger partial charge in [0.25, 0.3) is 0 Å². The van der Waals surface area contributed by atoms with Crippen molar-refractivity contribution < 1.29 is 8.42 Å². The molecule has 0 aliphatic carbocycles. The van der Waals surface area contributed by atoms with Gasteiger partial charge in [0.05, 0.1) is 6.26 Å². The van der Waals surface area contributed by atoms with E-state index in [0.29, 0.717) is 19.6 Å². The van der Waals surface area contributed by atoms with Crippen molar-refractivity contribution in [2.24, 2.45) is 5.84 Å². The standard InChI is InChI=1S/C6H15N3O2S/c1-6-5-8(7)3-4-9(6)12(2,10)11/h6H,3-5,7H2,1-2H3. The Labute approximate surface area is 73.1 Å². The average molecular weight is 193 g/mol. The highest BCUT2D eigenvalue weighted by Crippen LogP contribution is 2.10. The molecule has 1 rings (SSSR count). The van der Waals surface area contributed by atoms with Gasteiger partial charge in [0, 0.05) is 25.7 Å².